The number of carbonyl (C=O) groups is 1. The van der Waals surface area contributed by atoms with Crippen molar-refractivity contribution in [1.82, 2.24) is 10.2 Å². The molecule has 1 aromatic heterocycles. The molecule has 33 heavy (non-hydrogen) atoms. The van der Waals surface area contributed by atoms with Crippen LogP contribution in [0.4, 0.5) is 20.3 Å². The number of aromatic nitrogens is 2. The monoisotopic (exact) mass is 452 g/mol. The van der Waals surface area contributed by atoms with Crippen molar-refractivity contribution in [3.63, 3.8) is 0 Å². The summed E-state index contributed by atoms with van der Waals surface area (Å²) >= 11 is 0. The molecule has 2 N–H and O–H groups in total. The van der Waals surface area contributed by atoms with E-state index in [-0.39, 0.29) is 18.3 Å². The van der Waals surface area contributed by atoms with Gasteiger partial charge >= 0.3 is 6.61 Å². The average molecular weight is 452 g/mol. The van der Waals surface area contributed by atoms with E-state index < -0.39 is 6.61 Å². The van der Waals surface area contributed by atoms with Gasteiger partial charge in [0.1, 0.15) is 18.1 Å². The van der Waals surface area contributed by atoms with Gasteiger partial charge in [-0.3, -0.25) is 9.89 Å². The number of anilines is 2. The minimum Gasteiger partial charge on any atom is -0.489 e. The van der Waals surface area contributed by atoms with Gasteiger partial charge in [-0.2, -0.15) is 13.9 Å². The van der Waals surface area contributed by atoms with E-state index in [4.69, 9.17) is 4.74 Å². The number of hydrogen-bond acceptors (Lipinski definition) is 5. The first-order chi connectivity index (χ1) is 15.9. The highest BCUT2D eigenvalue weighted by Gasteiger charge is 2.14. The molecular weight excluding hydrogens is 430 g/mol. The average Bonchev–Trinajstić information content (AvgIpc) is 3.20. The van der Waals surface area contributed by atoms with Crippen molar-refractivity contribution in [2.24, 2.45) is 0 Å². The Balaban J connectivity index is 1.49. The van der Waals surface area contributed by atoms with Gasteiger partial charge in [-0.1, -0.05) is 18.2 Å². The zero-order chi connectivity index (χ0) is 23.4. The van der Waals surface area contributed by atoms with Crippen LogP contribution >= 0.6 is 0 Å². The molecule has 0 radical (unpaired) electrons. The number of aromatic amines is 1. The first kappa shape index (κ1) is 22.1. The van der Waals surface area contributed by atoms with Crippen LogP contribution in [0.1, 0.15) is 15.9 Å². The van der Waals surface area contributed by atoms with E-state index in [1.807, 2.05) is 31.1 Å². The molecule has 1 amide bonds. The lowest BCUT2D eigenvalue weighted by Crippen LogP contribution is -2.13. The van der Waals surface area contributed by atoms with Crippen molar-refractivity contribution in [3.05, 3.63) is 77.9 Å². The molecule has 9 heteroatoms. The Kier molecular flexibility index (Phi) is 6.39. The largest absolute Gasteiger partial charge is 0.489 e. The summed E-state index contributed by atoms with van der Waals surface area (Å²) in [6.45, 7) is -2.88. The summed E-state index contributed by atoms with van der Waals surface area (Å²) in [6, 6.07) is 18.9. The number of amides is 1. The lowest BCUT2D eigenvalue weighted by molar-refractivity contribution is -0.0508. The van der Waals surface area contributed by atoms with Crippen LogP contribution in [0.15, 0.2) is 66.7 Å². The van der Waals surface area contributed by atoms with E-state index in [1.54, 1.807) is 48.5 Å². The molecule has 0 aliphatic heterocycles. The predicted molar refractivity (Wildman–Crippen MR) is 122 cm³/mol. The van der Waals surface area contributed by atoms with Crippen LogP contribution in [0.5, 0.6) is 11.5 Å². The second kappa shape index (κ2) is 9.56. The summed E-state index contributed by atoms with van der Waals surface area (Å²) in [5.41, 5.74) is 2.68. The Bertz CT molecular complexity index is 1260. The van der Waals surface area contributed by atoms with E-state index in [9.17, 15) is 13.6 Å². The van der Waals surface area contributed by atoms with Crippen molar-refractivity contribution < 1.29 is 23.0 Å². The zero-order valence-corrected chi connectivity index (χ0v) is 18.0. The highest BCUT2D eigenvalue weighted by molar-refractivity contribution is 6.08. The maximum Gasteiger partial charge on any atom is 0.387 e. The molecule has 7 nitrogen and oxygen atoms in total. The molecule has 0 unspecified atom stereocenters. The number of ether oxygens (including phenoxy) is 2. The number of rotatable bonds is 8. The third-order valence-electron chi connectivity index (χ3n) is 5.00. The summed E-state index contributed by atoms with van der Waals surface area (Å²) in [6.07, 6.45) is 0. The maximum absolute atomic E-state index is 12.7. The van der Waals surface area contributed by atoms with Crippen LogP contribution in [0.3, 0.4) is 0 Å². The highest BCUT2D eigenvalue weighted by Crippen LogP contribution is 2.28. The molecular formula is C24H22F2N4O3. The first-order valence-electron chi connectivity index (χ1n) is 10.1. The van der Waals surface area contributed by atoms with E-state index in [0.29, 0.717) is 33.6 Å². The van der Waals surface area contributed by atoms with Crippen LogP contribution in [-0.4, -0.2) is 36.8 Å². The topological polar surface area (TPSA) is 79.5 Å². The third kappa shape index (κ3) is 5.20. The van der Waals surface area contributed by atoms with Crippen molar-refractivity contribution >= 4 is 28.3 Å². The second-order valence-electron chi connectivity index (χ2n) is 7.45. The van der Waals surface area contributed by atoms with Crippen molar-refractivity contribution in [2.75, 3.05) is 24.3 Å². The van der Waals surface area contributed by atoms with Crippen molar-refractivity contribution in [1.29, 1.82) is 0 Å². The van der Waals surface area contributed by atoms with Gasteiger partial charge in [-0.25, -0.2) is 0 Å². The van der Waals surface area contributed by atoms with Gasteiger partial charge in [0.15, 0.2) is 5.82 Å². The number of benzene rings is 3. The summed E-state index contributed by atoms with van der Waals surface area (Å²) < 4.78 is 35.6. The summed E-state index contributed by atoms with van der Waals surface area (Å²) in [5, 5.41) is 10.5. The number of carbonyl (C=O) groups excluding carboxylic acids is 1. The van der Waals surface area contributed by atoms with Crippen LogP contribution < -0.4 is 19.7 Å². The van der Waals surface area contributed by atoms with E-state index in [2.05, 4.69) is 20.3 Å². The SMILES string of the molecule is CN(C)c1ccc(C(=O)Nc2n[nH]c3ccc(OCc4ccccc4OC(F)F)cc23)cc1. The first-order valence-corrected chi connectivity index (χ1v) is 10.1. The Labute approximate surface area is 188 Å². The maximum atomic E-state index is 12.7. The summed E-state index contributed by atoms with van der Waals surface area (Å²) in [7, 11) is 3.85. The second-order valence-corrected chi connectivity index (χ2v) is 7.45. The van der Waals surface area contributed by atoms with Gasteiger partial charge in [-0.05, 0) is 48.5 Å². The highest BCUT2D eigenvalue weighted by atomic mass is 19.3. The summed E-state index contributed by atoms with van der Waals surface area (Å²) in [4.78, 5) is 14.6. The number of hydrogen-bond donors (Lipinski definition) is 2. The Hall–Kier alpha value is -4.14. The number of alkyl halides is 2. The fourth-order valence-corrected chi connectivity index (χ4v) is 3.26. The van der Waals surface area contributed by atoms with Crippen LogP contribution in [-0.2, 0) is 6.61 Å². The third-order valence-corrected chi connectivity index (χ3v) is 5.00. The fraction of sp³-hybridized carbons (Fsp3) is 0.167. The Morgan fingerprint density at radius 2 is 1.85 bits per heavy atom. The molecule has 1 heterocycles. The molecule has 0 bridgehead atoms. The molecule has 0 spiro atoms. The molecule has 0 atom stereocenters. The number of para-hydroxylation sites is 1. The van der Waals surface area contributed by atoms with Gasteiger partial charge in [0, 0.05) is 36.3 Å². The zero-order valence-electron chi connectivity index (χ0n) is 18.0. The normalized spacial score (nSPS) is 10.9. The molecule has 0 saturated carbocycles. The molecule has 4 rings (SSSR count). The Morgan fingerprint density at radius 1 is 1.09 bits per heavy atom. The number of nitrogens with one attached hydrogen (secondary N) is 2. The fourth-order valence-electron chi connectivity index (χ4n) is 3.26. The number of halogens is 2. The van der Waals surface area contributed by atoms with Gasteiger partial charge in [0.2, 0.25) is 0 Å². The van der Waals surface area contributed by atoms with E-state index in [0.717, 1.165) is 5.69 Å². The molecule has 0 fully saturated rings. The Morgan fingerprint density at radius 3 is 2.58 bits per heavy atom. The molecule has 170 valence electrons. The smallest absolute Gasteiger partial charge is 0.387 e. The molecule has 0 aliphatic rings. The molecule has 0 saturated heterocycles. The number of H-pyrrole nitrogens is 1. The van der Waals surface area contributed by atoms with E-state index >= 15 is 0 Å². The quantitative estimate of drug-likeness (QED) is 0.391. The minimum absolute atomic E-state index is 0.0339. The lowest BCUT2D eigenvalue weighted by Gasteiger charge is -2.12. The van der Waals surface area contributed by atoms with Crippen LogP contribution in [0.2, 0.25) is 0 Å². The van der Waals surface area contributed by atoms with Gasteiger partial charge in [0.25, 0.3) is 5.91 Å². The van der Waals surface area contributed by atoms with Gasteiger partial charge < -0.3 is 19.7 Å². The van der Waals surface area contributed by atoms with Crippen molar-refractivity contribution in [2.45, 2.75) is 13.2 Å². The molecule has 3 aromatic carbocycles. The summed E-state index contributed by atoms with van der Waals surface area (Å²) in [5.74, 6) is 0.614. The number of fused-ring (bicyclic) bond motifs is 1. The minimum atomic E-state index is -2.92. The molecule has 4 aromatic rings. The van der Waals surface area contributed by atoms with Gasteiger partial charge in [0.05, 0.1) is 5.52 Å². The standard InChI is InChI=1S/C24H22F2N4O3/c1-30(2)17-9-7-15(8-10-17)23(31)27-22-19-13-18(11-12-20(19)28-29-22)32-14-16-5-3-4-6-21(16)33-24(25)26/h3-13,24H,14H2,1-2H3,(H2,27,28,29,31). The van der Waals surface area contributed by atoms with Crippen LogP contribution in [0, 0.1) is 0 Å². The molecule has 0 aliphatic carbocycles. The van der Waals surface area contributed by atoms with Gasteiger partial charge in [-0.15, -0.1) is 0 Å². The lowest BCUT2D eigenvalue weighted by atomic mass is 10.2. The number of nitrogens with zero attached hydrogens (tertiary/aromatic N) is 2. The van der Waals surface area contributed by atoms with E-state index in [1.165, 1.54) is 6.07 Å². The van der Waals surface area contributed by atoms with Crippen molar-refractivity contribution in [3.8, 4) is 11.5 Å². The predicted octanol–water partition coefficient (Wildman–Crippen LogP) is 5.06. The van der Waals surface area contributed by atoms with Crippen LogP contribution in [0.25, 0.3) is 10.9 Å².